The lowest BCUT2D eigenvalue weighted by atomic mass is 10.1. The maximum atomic E-state index is 5.80. The molecule has 1 heterocycles. The van der Waals surface area contributed by atoms with Gasteiger partial charge in [0.15, 0.2) is 0 Å². The van der Waals surface area contributed by atoms with Gasteiger partial charge in [0.25, 0.3) is 0 Å². The van der Waals surface area contributed by atoms with Gasteiger partial charge in [-0.2, -0.15) is 0 Å². The summed E-state index contributed by atoms with van der Waals surface area (Å²) in [5.74, 6) is 1.16. The first-order valence-electron chi connectivity index (χ1n) is 4.94. The molecular weight excluding hydrogens is 202 g/mol. The molecule has 2 rings (SSSR count). The lowest BCUT2D eigenvalue weighted by Gasteiger charge is -2.09. The lowest BCUT2D eigenvalue weighted by Crippen LogP contribution is -1.98. The summed E-state index contributed by atoms with van der Waals surface area (Å²) in [6, 6.07) is 5.87. The number of rotatable bonds is 2. The molecule has 1 aromatic heterocycles. The molecule has 0 fully saturated rings. The Morgan fingerprint density at radius 2 is 1.94 bits per heavy atom. The van der Waals surface area contributed by atoms with Crippen molar-refractivity contribution in [3.8, 4) is 17.0 Å². The van der Waals surface area contributed by atoms with Gasteiger partial charge in [-0.1, -0.05) is 11.6 Å². The number of nitrogens with two attached hydrogens (primary N) is 1. The molecule has 0 aliphatic rings. The molecule has 0 amide bonds. The molecule has 0 aliphatic heterocycles. The van der Waals surface area contributed by atoms with Crippen LogP contribution < -0.4 is 10.5 Å². The number of nitrogen functional groups attached to an aromatic ring is 1. The summed E-state index contributed by atoms with van der Waals surface area (Å²) in [7, 11) is 1.63. The summed E-state index contributed by atoms with van der Waals surface area (Å²) in [4.78, 5) is 8.25. The third kappa shape index (κ3) is 1.82. The molecule has 0 saturated carbocycles. The zero-order valence-electron chi connectivity index (χ0n) is 9.27. The van der Waals surface area contributed by atoms with Crippen molar-refractivity contribution in [2.45, 2.75) is 6.92 Å². The van der Waals surface area contributed by atoms with E-state index >= 15 is 0 Å². The van der Waals surface area contributed by atoms with E-state index in [4.69, 9.17) is 10.5 Å². The van der Waals surface area contributed by atoms with Crippen molar-refractivity contribution in [1.29, 1.82) is 0 Å². The SMILES string of the molecule is COc1ccc(C)cc1-c1nccnc1N. The summed E-state index contributed by atoms with van der Waals surface area (Å²) in [5.41, 5.74) is 8.45. The normalized spacial score (nSPS) is 10.1. The summed E-state index contributed by atoms with van der Waals surface area (Å²) in [6.45, 7) is 2.01. The molecule has 0 unspecified atom stereocenters. The highest BCUT2D eigenvalue weighted by Gasteiger charge is 2.10. The number of benzene rings is 1. The van der Waals surface area contributed by atoms with Crippen LogP contribution in [0, 0.1) is 6.92 Å². The first-order valence-corrected chi connectivity index (χ1v) is 4.94. The second kappa shape index (κ2) is 4.18. The number of methoxy groups -OCH3 is 1. The third-order valence-electron chi connectivity index (χ3n) is 2.34. The first-order chi connectivity index (χ1) is 7.72. The van der Waals surface area contributed by atoms with E-state index < -0.39 is 0 Å². The van der Waals surface area contributed by atoms with Gasteiger partial charge in [-0.25, -0.2) is 4.98 Å². The number of aromatic nitrogens is 2. The highest BCUT2D eigenvalue weighted by Crippen LogP contribution is 2.31. The first kappa shape index (κ1) is 10.4. The third-order valence-corrected chi connectivity index (χ3v) is 2.34. The molecule has 0 radical (unpaired) electrons. The summed E-state index contributed by atoms with van der Waals surface area (Å²) in [6.07, 6.45) is 3.19. The molecule has 0 bridgehead atoms. The Balaban J connectivity index is 2.63. The zero-order chi connectivity index (χ0) is 11.5. The van der Waals surface area contributed by atoms with Crippen LogP contribution in [0.5, 0.6) is 5.75 Å². The van der Waals surface area contributed by atoms with Gasteiger partial charge >= 0.3 is 0 Å². The van der Waals surface area contributed by atoms with Crippen LogP contribution in [0.25, 0.3) is 11.3 Å². The predicted molar refractivity (Wildman–Crippen MR) is 63.2 cm³/mol. The van der Waals surface area contributed by atoms with Gasteiger partial charge in [0.05, 0.1) is 7.11 Å². The minimum absolute atomic E-state index is 0.409. The topological polar surface area (TPSA) is 61.0 Å². The molecule has 4 heteroatoms. The van der Waals surface area contributed by atoms with Crippen molar-refractivity contribution in [3.05, 3.63) is 36.2 Å². The van der Waals surface area contributed by atoms with Crippen LogP contribution in [0.2, 0.25) is 0 Å². The molecule has 82 valence electrons. The molecule has 2 aromatic rings. The molecular formula is C12H13N3O. The average Bonchev–Trinajstić information content (AvgIpc) is 2.29. The Kier molecular flexibility index (Phi) is 2.72. The standard InChI is InChI=1S/C12H13N3O/c1-8-3-4-10(16-2)9(7-8)11-12(13)15-6-5-14-11/h3-7H,1-2H3,(H2,13,15). The summed E-state index contributed by atoms with van der Waals surface area (Å²) >= 11 is 0. The Morgan fingerprint density at radius 3 is 2.62 bits per heavy atom. The monoisotopic (exact) mass is 215 g/mol. The van der Waals surface area contributed by atoms with Crippen LogP contribution in [-0.2, 0) is 0 Å². The Hall–Kier alpha value is -2.10. The molecule has 4 nitrogen and oxygen atoms in total. The van der Waals surface area contributed by atoms with E-state index in [0.717, 1.165) is 16.9 Å². The molecule has 0 atom stereocenters. The van der Waals surface area contributed by atoms with Crippen LogP contribution in [0.1, 0.15) is 5.56 Å². The molecule has 2 N–H and O–H groups in total. The molecule has 0 saturated heterocycles. The second-order valence-electron chi connectivity index (χ2n) is 3.49. The van der Waals surface area contributed by atoms with E-state index in [1.807, 2.05) is 25.1 Å². The minimum Gasteiger partial charge on any atom is -0.496 e. The van der Waals surface area contributed by atoms with Crippen molar-refractivity contribution in [2.24, 2.45) is 0 Å². The van der Waals surface area contributed by atoms with E-state index in [2.05, 4.69) is 9.97 Å². The fourth-order valence-corrected chi connectivity index (χ4v) is 1.56. The zero-order valence-corrected chi connectivity index (χ0v) is 9.27. The van der Waals surface area contributed by atoms with Gasteiger partial charge in [0, 0.05) is 18.0 Å². The van der Waals surface area contributed by atoms with Crippen molar-refractivity contribution in [2.75, 3.05) is 12.8 Å². The van der Waals surface area contributed by atoms with Crippen LogP contribution in [-0.4, -0.2) is 17.1 Å². The van der Waals surface area contributed by atoms with Crippen molar-refractivity contribution >= 4 is 5.82 Å². The van der Waals surface area contributed by atoms with E-state index in [1.165, 1.54) is 0 Å². The number of anilines is 1. The number of hydrogen-bond acceptors (Lipinski definition) is 4. The molecule has 0 aliphatic carbocycles. The van der Waals surface area contributed by atoms with Crippen LogP contribution in [0.15, 0.2) is 30.6 Å². The van der Waals surface area contributed by atoms with Crippen LogP contribution in [0.4, 0.5) is 5.82 Å². The predicted octanol–water partition coefficient (Wildman–Crippen LogP) is 2.04. The second-order valence-corrected chi connectivity index (χ2v) is 3.49. The van der Waals surface area contributed by atoms with Crippen molar-refractivity contribution < 1.29 is 4.74 Å². The van der Waals surface area contributed by atoms with E-state index in [1.54, 1.807) is 19.5 Å². The lowest BCUT2D eigenvalue weighted by molar-refractivity contribution is 0.416. The Bertz CT molecular complexity index is 511. The largest absolute Gasteiger partial charge is 0.496 e. The van der Waals surface area contributed by atoms with Crippen LogP contribution >= 0.6 is 0 Å². The fraction of sp³-hybridized carbons (Fsp3) is 0.167. The Morgan fingerprint density at radius 1 is 1.19 bits per heavy atom. The van der Waals surface area contributed by atoms with E-state index in [0.29, 0.717) is 11.5 Å². The average molecular weight is 215 g/mol. The van der Waals surface area contributed by atoms with E-state index in [-0.39, 0.29) is 0 Å². The number of nitrogens with zero attached hydrogens (tertiary/aromatic N) is 2. The van der Waals surface area contributed by atoms with Crippen molar-refractivity contribution in [1.82, 2.24) is 9.97 Å². The summed E-state index contributed by atoms with van der Waals surface area (Å²) in [5, 5.41) is 0. The fourth-order valence-electron chi connectivity index (χ4n) is 1.56. The highest BCUT2D eigenvalue weighted by molar-refractivity contribution is 5.75. The van der Waals surface area contributed by atoms with Crippen LogP contribution in [0.3, 0.4) is 0 Å². The smallest absolute Gasteiger partial charge is 0.150 e. The van der Waals surface area contributed by atoms with Gasteiger partial charge < -0.3 is 10.5 Å². The molecule has 1 aromatic carbocycles. The molecule has 16 heavy (non-hydrogen) atoms. The Labute approximate surface area is 94.1 Å². The summed E-state index contributed by atoms with van der Waals surface area (Å²) < 4.78 is 5.29. The quantitative estimate of drug-likeness (QED) is 0.832. The van der Waals surface area contributed by atoms with Gasteiger partial charge in [-0.3, -0.25) is 4.98 Å². The maximum absolute atomic E-state index is 5.80. The minimum atomic E-state index is 0.409. The number of ether oxygens (including phenoxy) is 1. The van der Waals surface area contributed by atoms with Gasteiger partial charge in [-0.05, 0) is 19.1 Å². The highest BCUT2D eigenvalue weighted by atomic mass is 16.5. The van der Waals surface area contributed by atoms with Gasteiger partial charge in [0.1, 0.15) is 17.3 Å². The number of hydrogen-bond donors (Lipinski definition) is 1. The van der Waals surface area contributed by atoms with Gasteiger partial charge in [0.2, 0.25) is 0 Å². The maximum Gasteiger partial charge on any atom is 0.150 e. The van der Waals surface area contributed by atoms with Gasteiger partial charge in [-0.15, -0.1) is 0 Å². The van der Waals surface area contributed by atoms with E-state index in [9.17, 15) is 0 Å². The van der Waals surface area contributed by atoms with Crippen molar-refractivity contribution in [3.63, 3.8) is 0 Å². The molecule has 0 spiro atoms. The number of aryl methyl sites for hydroxylation is 1.